The highest BCUT2D eigenvalue weighted by Crippen LogP contribution is 2.25. The average Bonchev–Trinajstić information content (AvgIpc) is 2.43. The summed E-state index contributed by atoms with van der Waals surface area (Å²) < 4.78 is 2.21. The third-order valence-corrected chi connectivity index (χ3v) is 3.03. The summed E-state index contributed by atoms with van der Waals surface area (Å²) in [5.41, 5.74) is 2.49. The van der Waals surface area contributed by atoms with Gasteiger partial charge >= 0.3 is 0 Å². The minimum Gasteiger partial charge on any atom is -0.332 e. The van der Waals surface area contributed by atoms with Crippen LogP contribution in [0.5, 0.6) is 0 Å². The van der Waals surface area contributed by atoms with Gasteiger partial charge in [0.15, 0.2) is 0 Å². The number of hydrogen-bond acceptors (Lipinski definition) is 2. The maximum absolute atomic E-state index is 4.38. The van der Waals surface area contributed by atoms with Crippen LogP contribution in [0.25, 0.3) is 11.0 Å². The van der Waals surface area contributed by atoms with Crippen molar-refractivity contribution in [2.45, 2.75) is 5.92 Å². The first kappa shape index (κ1) is 8.00. The fraction of sp³-hybridized carbons (Fsp3) is 0.364. The number of aromatic nitrogens is 2. The van der Waals surface area contributed by atoms with Crippen LogP contribution in [0, 0.1) is 0 Å². The molecular weight excluding hydrogens is 174 g/mol. The molecular formula is C11H13N3. The van der Waals surface area contributed by atoms with Gasteiger partial charge in [0.1, 0.15) is 5.65 Å². The van der Waals surface area contributed by atoms with Crippen LogP contribution in [0.3, 0.4) is 0 Å². The average molecular weight is 187 g/mol. The predicted octanol–water partition coefficient (Wildman–Crippen LogP) is 1.26. The van der Waals surface area contributed by atoms with Crippen LogP contribution < -0.4 is 5.32 Å². The van der Waals surface area contributed by atoms with E-state index in [1.807, 2.05) is 12.3 Å². The number of fused-ring (bicyclic) bond motifs is 1. The third kappa shape index (κ3) is 0.990. The Morgan fingerprint density at radius 2 is 2.36 bits per heavy atom. The Balaban J connectivity index is 2.19. The standard InChI is InChI=1S/C11H13N3/c1-14-10(9-6-12-7-9)5-8-3-2-4-13-11(8)14/h2-5,9,12H,6-7H2,1H3. The molecule has 1 fully saturated rings. The Morgan fingerprint density at radius 1 is 1.50 bits per heavy atom. The first-order chi connectivity index (χ1) is 6.86. The van der Waals surface area contributed by atoms with Gasteiger partial charge in [-0.15, -0.1) is 0 Å². The molecule has 2 aromatic rings. The summed E-state index contributed by atoms with van der Waals surface area (Å²) in [5.74, 6) is 0.675. The van der Waals surface area contributed by atoms with Crippen LogP contribution >= 0.6 is 0 Å². The molecule has 72 valence electrons. The highest BCUT2D eigenvalue weighted by atomic mass is 15.1. The topological polar surface area (TPSA) is 29.9 Å². The predicted molar refractivity (Wildman–Crippen MR) is 56.3 cm³/mol. The lowest BCUT2D eigenvalue weighted by Gasteiger charge is -2.27. The van der Waals surface area contributed by atoms with E-state index in [2.05, 4.69) is 34.0 Å². The SMILES string of the molecule is Cn1c(C2CNC2)cc2cccnc21. The molecule has 0 aromatic carbocycles. The molecule has 14 heavy (non-hydrogen) atoms. The van der Waals surface area contributed by atoms with E-state index in [4.69, 9.17) is 0 Å². The summed E-state index contributed by atoms with van der Waals surface area (Å²) in [7, 11) is 2.10. The van der Waals surface area contributed by atoms with Crippen molar-refractivity contribution >= 4 is 11.0 Å². The van der Waals surface area contributed by atoms with Crippen molar-refractivity contribution in [3.8, 4) is 0 Å². The Labute approximate surface area is 82.8 Å². The Kier molecular flexibility index (Phi) is 1.61. The molecule has 0 amide bonds. The molecule has 0 unspecified atom stereocenters. The minimum atomic E-state index is 0.675. The number of nitrogens with zero attached hydrogens (tertiary/aromatic N) is 2. The van der Waals surface area contributed by atoms with Gasteiger partial charge < -0.3 is 9.88 Å². The molecule has 0 atom stereocenters. The van der Waals surface area contributed by atoms with Crippen molar-refractivity contribution in [2.75, 3.05) is 13.1 Å². The number of aryl methyl sites for hydroxylation is 1. The van der Waals surface area contributed by atoms with Gasteiger partial charge in [-0.1, -0.05) is 0 Å². The van der Waals surface area contributed by atoms with E-state index < -0.39 is 0 Å². The zero-order chi connectivity index (χ0) is 9.54. The van der Waals surface area contributed by atoms with Gasteiger partial charge in [-0.05, 0) is 18.2 Å². The first-order valence-corrected chi connectivity index (χ1v) is 4.97. The molecule has 3 nitrogen and oxygen atoms in total. The lowest BCUT2D eigenvalue weighted by molar-refractivity contribution is 0.432. The molecule has 0 aliphatic carbocycles. The molecule has 0 saturated carbocycles. The van der Waals surface area contributed by atoms with Crippen LogP contribution in [0.2, 0.25) is 0 Å². The van der Waals surface area contributed by atoms with E-state index in [9.17, 15) is 0 Å². The fourth-order valence-electron chi connectivity index (χ4n) is 2.07. The van der Waals surface area contributed by atoms with E-state index in [-0.39, 0.29) is 0 Å². The van der Waals surface area contributed by atoms with Crippen LogP contribution in [0.4, 0.5) is 0 Å². The Bertz CT molecular complexity index is 468. The molecule has 3 heteroatoms. The van der Waals surface area contributed by atoms with Gasteiger partial charge in [-0.3, -0.25) is 0 Å². The minimum absolute atomic E-state index is 0.675. The van der Waals surface area contributed by atoms with E-state index in [1.54, 1.807) is 0 Å². The summed E-state index contributed by atoms with van der Waals surface area (Å²) in [5, 5.41) is 4.54. The van der Waals surface area contributed by atoms with Gasteiger partial charge in [-0.2, -0.15) is 0 Å². The largest absolute Gasteiger partial charge is 0.332 e. The Morgan fingerprint density at radius 3 is 3.00 bits per heavy atom. The van der Waals surface area contributed by atoms with Crippen molar-refractivity contribution in [2.24, 2.45) is 7.05 Å². The number of hydrogen-bond donors (Lipinski definition) is 1. The summed E-state index contributed by atoms with van der Waals surface area (Å²) in [6.07, 6.45) is 1.85. The molecule has 2 aromatic heterocycles. The molecule has 1 aliphatic rings. The number of nitrogens with one attached hydrogen (secondary N) is 1. The van der Waals surface area contributed by atoms with E-state index in [0.717, 1.165) is 18.7 Å². The van der Waals surface area contributed by atoms with Crippen molar-refractivity contribution in [3.63, 3.8) is 0 Å². The van der Waals surface area contributed by atoms with Crippen LogP contribution in [-0.4, -0.2) is 22.6 Å². The third-order valence-electron chi connectivity index (χ3n) is 3.03. The van der Waals surface area contributed by atoms with Crippen LogP contribution in [-0.2, 0) is 7.05 Å². The normalized spacial score (nSPS) is 17.2. The van der Waals surface area contributed by atoms with Crippen LogP contribution in [0.15, 0.2) is 24.4 Å². The summed E-state index contributed by atoms with van der Waals surface area (Å²) >= 11 is 0. The number of rotatable bonds is 1. The highest BCUT2D eigenvalue weighted by Gasteiger charge is 2.22. The second kappa shape index (κ2) is 2.82. The lowest BCUT2D eigenvalue weighted by atomic mass is 9.99. The van der Waals surface area contributed by atoms with Crippen molar-refractivity contribution < 1.29 is 0 Å². The summed E-state index contributed by atoms with van der Waals surface area (Å²) in [4.78, 5) is 4.38. The van der Waals surface area contributed by atoms with E-state index >= 15 is 0 Å². The maximum Gasteiger partial charge on any atom is 0.139 e. The van der Waals surface area contributed by atoms with E-state index in [1.165, 1.54) is 11.1 Å². The fourth-order valence-corrected chi connectivity index (χ4v) is 2.07. The molecule has 1 N–H and O–H groups in total. The van der Waals surface area contributed by atoms with Gasteiger partial charge in [0, 0.05) is 43.3 Å². The lowest BCUT2D eigenvalue weighted by Crippen LogP contribution is -2.40. The maximum atomic E-state index is 4.38. The quantitative estimate of drug-likeness (QED) is 0.728. The second-order valence-electron chi connectivity index (χ2n) is 3.90. The summed E-state index contributed by atoms with van der Waals surface area (Å²) in [6, 6.07) is 6.37. The molecule has 0 radical (unpaired) electrons. The molecule has 0 bridgehead atoms. The first-order valence-electron chi connectivity index (χ1n) is 4.97. The van der Waals surface area contributed by atoms with Crippen molar-refractivity contribution in [3.05, 3.63) is 30.1 Å². The molecule has 1 aliphatic heterocycles. The van der Waals surface area contributed by atoms with Crippen molar-refractivity contribution in [1.82, 2.24) is 14.9 Å². The second-order valence-corrected chi connectivity index (χ2v) is 3.90. The van der Waals surface area contributed by atoms with Gasteiger partial charge in [0.05, 0.1) is 0 Å². The molecule has 3 heterocycles. The van der Waals surface area contributed by atoms with Crippen LogP contribution in [0.1, 0.15) is 11.6 Å². The highest BCUT2D eigenvalue weighted by molar-refractivity contribution is 5.77. The van der Waals surface area contributed by atoms with Gasteiger partial charge in [-0.25, -0.2) is 4.98 Å². The van der Waals surface area contributed by atoms with Crippen molar-refractivity contribution in [1.29, 1.82) is 0 Å². The molecule has 3 rings (SSSR count). The molecule has 0 spiro atoms. The van der Waals surface area contributed by atoms with Gasteiger partial charge in [0.2, 0.25) is 0 Å². The molecule has 1 saturated heterocycles. The summed E-state index contributed by atoms with van der Waals surface area (Å²) in [6.45, 7) is 2.20. The van der Waals surface area contributed by atoms with Gasteiger partial charge in [0.25, 0.3) is 0 Å². The zero-order valence-corrected chi connectivity index (χ0v) is 8.20. The monoisotopic (exact) mass is 187 g/mol. The number of pyridine rings is 1. The zero-order valence-electron chi connectivity index (χ0n) is 8.20. The smallest absolute Gasteiger partial charge is 0.139 e. The van der Waals surface area contributed by atoms with E-state index in [0.29, 0.717) is 5.92 Å². The Hall–Kier alpha value is -1.35.